The van der Waals surface area contributed by atoms with Gasteiger partial charge in [0.25, 0.3) is 0 Å². The molecule has 0 fully saturated rings. The van der Waals surface area contributed by atoms with Gasteiger partial charge < -0.3 is 9.84 Å². The first-order valence-electron chi connectivity index (χ1n) is 3.82. The van der Waals surface area contributed by atoms with Gasteiger partial charge in [0.15, 0.2) is 0 Å². The fourth-order valence-corrected chi connectivity index (χ4v) is 0.595. The maximum Gasteiger partial charge on any atom is 0.374 e. The number of carbonyl (C=O) groups is 1. The quantitative estimate of drug-likeness (QED) is 0.322. The topological polar surface area (TPSA) is 46.5 Å². The molecular weight excluding hydrogens is 180 g/mol. The molecule has 1 N–H and O–H groups in total. The van der Waals surface area contributed by atoms with Crippen LogP contribution in [0.15, 0.2) is 10.8 Å². The first-order chi connectivity index (χ1) is 5.59. The van der Waals surface area contributed by atoms with E-state index in [2.05, 4.69) is 4.74 Å². The maximum absolute atomic E-state index is 10.8. The van der Waals surface area contributed by atoms with Gasteiger partial charge >= 0.3 is 5.97 Å². The Labute approximate surface area is 77.0 Å². The summed E-state index contributed by atoms with van der Waals surface area (Å²) in [6, 6.07) is 0. The van der Waals surface area contributed by atoms with Gasteiger partial charge in [-0.2, -0.15) is 0 Å². The molecule has 0 aliphatic heterocycles. The molecule has 0 bridgehead atoms. The van der Waals surface area contributed by atoms with Crippen molar-refractivity contribution in [2.75, 3.05) is 6.61 Å². The zero-order chi connectivity index (χ0) is 9.56. The number of hydrogen-bond acceptors (Lipinski definition) is 3. The summed E-state index contributed by atoms with van der Waals surface area (Å²) >= 11 is 5.36. The van der Waals surface area contributed by atoms with Crippen LogP contribution >= 0.6 is 11.6 Å². The van der Waals surface area contributed by atoms with Crippen LogP contribution in [0.4, 0.5) is 0 Å². The first-order valence-corrected chi connectivity index (χ1v) is 4.19. The van der Waals surface area contributed by atoms with Crippen LogP contribution < -0.4 is 0 Å². The largest absolute Gasteiger partial charge is 0.501 e. The average molecular weight is 193 g/mol. The fourth-order valence-electron chi connectivity index (χ4n) is 0.518. The number of halogens is 1. The lowest BCUT2D eigenvalue weighted by molar-refractivity contribution is -0.142. The molecule has 0 rings (SSSR count). The van der Waals surface area contributed by atoms with E-state index < -0.39 is 11.7 Å². The molecule has 0 aromatic heterocycles. The Morgan fingerprint density at radius 1 is 1.58 bits per heavy atom. The second kappa shape index (κ2) is 5.89. The number of ether oxygens (including phenoxy) is 1. The van der Waals surface area contributed by atoms with E-state index in [0.717, 1.165) is 12.8 Å². The highest BCUT2D eigenvalue weighted by Crippen LogP contribution is 2.06. The Kier molecular flexibility index (Phi) is 5.54. The van der Waals surface area contributed by atoms with Gasteiger partial charge in [0, 0.05) is 0 Å². The number of carbonyl (C=O) groups excluding carboxylic acids is 1. The minimum atomic E-state index is -0.754. The molecule has 0 aromatic rings. The Hall–Kier alpha value is -0.700. The monoisotopic (exact) mass is 192 g/mol. The highest BCUT2D eigenvalue weighted by molar-refractivity contribution is 6.30. The van der Waals surface area contributed by atoms with Crippen LogP contribution in [0.5, 0.6) is 0 Å². The molecule has 0 saturated carbocycles. The van der Waals surface area contributed by atoms with Crippen LogP contribution in [-0.4, -0.2) is 17.7 Å². The third-order valence-electron chi connectivity index (χ3n) is 1.25. The molecule has 0 spiro atoms. The van der Waals surface area contributed by atoms with E-state index in [9.17, 15) is 4.79 Å². The van der Waals surface area contributed by atoms with Crippen molar-refractivity contribution in [2.24, 2.45) is 0 Å². The van der Waals surface area contributed by atoms with Gasteiger partial charge in [0.05, 0.1) is 11.6 Å². The van der Waals surface area contributed by atoms with Gasteiger partial charge in [-0.15, -0.1) is 0 Å². The Balaban J connectivity index is 3.81. The summed E-state index contributed by atoms with van der Waals surface area (Å²) in [5.74, 6) is -1.26. The van der Waals surface area contributed by atoms with Gasteiger partial charge in [-0.3, -0.25) is 0 Å². The molecule has 0 heterocycles. The van der Waals surface area contributed by atoms with E-state index in [1.54, 1.807) is 0 Å². The van der Waals surface area contributed by atoms with Crippen molar-refractivity contribution in [1.29, 1.82) is 0 Å². The smallest absolute Gasteiger partial charge is 0.374 e. The van der Waals surface area contributed by atoms with Crippen LogP contribution in [0.3, 0.4) is 0 Å². The molecule has 0 aromatic carbocycles. The van der Waals surface area contributed by atoms with E-state index in [0.29, 0.717) is 6.61 Å². The summed E-state index contributed by atoms with van der Waals surface area (Å²) in [5.41, 5.74) is 0. The number of allylic oxidation sites excluding steroid dienone is 1. The second-order valence-corrected chi connectivity index (χ2v) is 2.94. The molecule has 12 heavy (non-hydrogen) atoms. The molecule has 0 saturated heterocycles. The Morgan fingerprint density at radius 3 is 2.58 bits per heavy atom. The minimum Gasteiger partial charge on any atom is -0.501 e. The van der Waals surface area contributed by atoms with Crippen molar-refractivity contribution < 1.29 is 14.6 Å². The van der Waals surface area contributed by atoms with Gasteiger partial charge in [0.2, 0.25) is 5.76 Å². The predicted octanol–water partition coefficient (Wildman–Crippen LogP) is 2.36. The fraction of sp³-hybridized carbons (Fsp3) is 0.625. The summed E-state index contributed by atoms with van der Waals surface area (Å²) in [5, 5.41) is 9.02. The number of esters is 1. The minimum absolute atomic E-state index is 0.0523. The number of unbranched alkanes of at least 4 members (excludes halogenated alkanes) is 1. The summed E-state index contributed by atoms with van der Waals surface area (Å²) < 4.78 is 4.67. The van der Waals surface area contributed by atoms with Crippen molar-refractivity contribution in [3.8, 4) is 0 Å². The van der Waals surface area contributed by atoms with Crippen molar-refractivity contribution in [1.82, 2.24) is 0 Å². The summed E-state index contributed by atoms with van der Waals surface area (Å²) in [6.07, 6.45) is 1.73. The summed E-state index contributed by atoms with van der Waals surface area (Å²) in [7, 11) is 0. The normalized spacial score (nSPS) is 12.2. The lowest BCUT2D eigenvalue weighted by Crippen LogP contribution is -2.09. The Morgan fingerprint density at radius 2 is 2.17 bits per heavy atom. The van der Waals surface area contributed by atoms with Gasteiger partial charge in [0.1, 0.15) is 0 Å². The molecule has 0 aliphatic carbocycles. The van der Waals surface area contributed by atoms with Crippen LogP contribution in [-0.2, 0) is 9.53 Å². The molecular formula is C8H13ClO3. The second-order valence-electron chi connectivity index (χ2n) is 2.37. The summed E-state index contributed by atoms with van der Waals surface area (Å²) in [4.78, 5) is 10.8. The maximum atomic E-state index is 10.8. The molecule has 0 atom stereocenters. The SMILES string of the molecule is CCCCOC(=O)C(O)=C(C)Cl. The molecule has 0 aliphatic rings. The number of aliphatic hydroxyl groups excluding tert-OH is 1. The van der Waals surface area contributed by atoms with Crippen molar-refractivity contribution >= 4 is 17.6 Å². The van der Waals surface area contributed by atoms with Gasteiger partial charge in [-0.05, 0) is 13.3 Å². The standard InChI is InChI=1S/C8H13ClO3/c1-3-4-5-12-8(11)7(10)6(2)9/h10H,3-5H2,1-2H3. The average Bonchev–Trinajstić information content (AvgIpc) is 2.03. The third kappa shape index (κ3) is 4.23. The van der Waals surface area contributed by atoms with E-state index >= 15 is 0 Å². The van der Waals surface area contributed by atoms with E-state index in [1.165, 1.54) is 6.92 Å². The van der Waals surface area contributed by atoms with Gasteiger partial charge in [-0.1, -0.05) is 24.9 Å². The number of aliphatic hydroxyl groups is 1. The van der Waals surface area contributed by atoms with Gasteiger partial charge in [-0.25, -0.2) is 4.79 Å². The molecule has 3 nitrogen and oxygen atoms in total. The Bertz CT molecular complexity index is 183. The van der Waals surface area contributed by atoms with Crippen molar-refractivity contribution in [2.45, 2.75) is 26.7 Å². The first kappa shape index (κ1) is 11.3. The highest BCUT2D eigenvalue weighted by Gasteiger charge is 2.10. The number of rotatable bonds is 4. The van der Waals surface area contributed by atoms with E-state index in [1.807, 2.05) is 6.92 Å². The van der Waals surface area contributed by atoms with Crippen molar-refractivity contribution in [3.05, 3.63) is 10.8 Å². The van der Waals surface area contributed by atoms with Crippen LogP contribution in [0.1, 0.15) is 26.7 Å². The van der Waals surface area contributed by atoms with Crippen LogP contribution in [0, 0.1) is 0 Å². The van der Waals surface area contributed by atoms with Crippen molar-refractivity contribution in [3.63, 3.8) is 0 Å². The zero-order valence-corrected chi connectivity index (χ0v) is 8.02. The molecule has 0 radical (unpaired) electrons. The van der Waals surface area contributed by atoms with E-state index in [4.69, 9.17) is 16.7 Å². The third-order valence-corrected chi connectivity index (χ3v) is 1.43. The summed E-state index contributed by atoms with van der Waals surface area (Å²) in [6.45, 7) is 3.73. The van der Waals surface area contributed by atoms with Crippen LogP contribution in [0.25, 0.3) is 0 Å². The van der Waals surface area contributed by atoms with E-state index in [-0.39, 0.29) is 5.03 Å². The molecule has 0 amide bonds. The van der Waals surface area contributed by atoms with Crippen LogP contribution in [0.2, 0.25) is 0 Å². The predicted molar refractivity (Wildman–Crippen MR) is 47.0 cm³/mol. The molecule has 4 heteroatoms. The highest BCUT2D eigenvalue weighted by atomic mass is 35.5. The lowest BCUT2D eigenvalue weighted by atomic mass is 10.4. The lowest BCUT2D eigenvalue weighted by Gasteiger charge is -2.02. The molecule has 70 valence electrons. The molecule has 0 unspecified atom stereocenters. The number of hydrogen-bond donors (Lipinski definition) is 1. The zero-order valence-electron chi connectivity index (χ0n) is 7.26.